The lowest BCUT2D eigenvalue weighted by Gasteiger charge is -2.25. The van der Waals surface area contributed by atoms with Crippen LogP contribution in [0.25, 0.3) is 0 Å². The number of rotatable bonds is 8. The van der Waals surface area contributed by atoms with E-state index in [1.54, 1.807) is 17.0 Å². The number of nitrogens with one attached hydrogen (secondary N) is 1. The highest BCUT2D eigenvalue weighted by Gasteiger charge is 2.30. The minimum atomic E-state index is -3.54. The number of anilines is 1. The Hall–Kier alpha value is -2.92. The van der Waals surface area contributed by atoms with Gasteiger partial charge in [-0.25, -0.2) is 13.2 Å². The average molecular weight is 495 g/mol. The standard InChI is InChI=1S/C22H26N2O7S2/c1-14(25)24-11-10-17-18(13-24)32-21(20(17)22(27)31-3)23-19(26)5-4-12-33(28,29)16-8-6-15(30-2)7-9-16/h6-9H,4-5,10-13H2,1-3H3,(H,23,26). The highest BCUT2D eigenvalue weighted by atomic mass is 32.2. The van der Waals surface area contributed by atoms with Crippen molar-refractivity contribution in [3.8, 4) is 5.75 Å². The molecule has 1 aliphatic heterocycles. The van der Waals surface area contributed by atoms with Crippen molar-refractivity contribution < 1.29 is 32.3 Å². The van der Waals surface area contributed by atoms with E-state index in [2.05, 4.69) is 5.32 Å². The molecule has 0 aliphatic carbocycles. The number of sulfone groups is 1. The van der Waals surface area contributed by atoms with E-state index in [9.17, 15) is 22.8 Å². The quantitative estimate of drug-likeness (QED) is 0.560. The summed E-state index contributed by atoms with van der Waals surface area (Å²) in [6.45, 7) is 2.34. The van der Waals surface area contributed by atoms with E-state index in [1.807, 2.05) is 0 Å². The van der Waals surface area contributed by atoms with Gasteiger partial charge in [-0.3, -0.25) is 9.59 Å². The van der Waals surface area contributed by atoms with Gasteiger partial charge in [0.2, 0.25) is 11.8 Å². The van der Waals surface area contributed by atoms with Crippen LogP contribution in [0.1, 0.15) is 40.6 Å². The smallest absolute Gasteiger partial charge is 0.341 e. The van der Waals surface area contributed by atoms with Gasteiger partial charge in [-0.15, -0.1) is 11.3 Å². The van der Waals surface area contributed by atoms with E-state index in [0.717, 1.165) is 10.4 Å². The lowest BCUT2D eigenvalue weighted by Crippen LogP contribution is -2.33. The van der Waals surface area contributed by atoms with Crippen LogP contribution in [0, 0.1) is 0 Å². The van der Waals surface area contributed by atoms with Crippen molar-refractivity contribution in [3.05, 3.63) is 40.3 Å². The van der Waals surface area contributed by atoms with E-state index in [1.165, 1.54) is 44.6 Å². The zero-order valence-corrected chi connectivity index (χ0v) is 20.3. The summed E-state index contributed by atoms with van der Waals surface area (Å²) in [6.07, 6.45) is 0.584. The summed E-state index contributed by atoms with van der Waals surface area (Å²) in [4.78, 5) is 39.3. The van der Waals surface area contributed by atoms with Crippen LogP contribution in [-0.2, 0) is 37.1 Å². The summed E-state index contributed by atoms with van der Waals surface area (Å²) in [5.74, 6) is -0.643. The molecule has 0 atom stereocenters. The number of ether oxygens (including phenoxy) is 2. The minimum absolute atomic E-state index is 0.0296. The summed E-state index contributed by atoms with van der Waals surface area (Å²) in [6, 6.07) is 6.08. The highest BCUT2D eigenvalue weighted by Crippen LogP contribution is 2.37. The number of carbonyl (C=O) groups excluding carboxylic acids is 3. The van der Waals surface area contributed by atoms with Crippen LogP contribution in [0.3, 0.4) is 0 Å². The first-order valence-electron chi connectivity index (χ1n) is 10.3. The van der Waals surface area contributed by atoms with Crippen molar-refractivity contribution >= 4 is 44.0 Å². The van der Waals surface area contributed by atoms with Crippen molar-refractivity contribution in [3.63, 3.8) is 0 Å². The summed E-state index contributed by atoms with van der Waals surface area (Å²) in [7, 11) is -0.773. The Morgan fingerprint density at radius 1 is 1.15 bits per heavy atom. The molecule has 0 spiro atoms. The number of amides is 2. The molecule has 0 fully saturated rings. The fourth-order valence-electron chi connectivity index (χ4n) is 3.59. The number of fused-ring (bicyclic) bond motifs is 1. The van der Waals surface area contributed by atoms with E-state index in [4.69, 9.17) is 9.47 Å². The monoisotopic (exact) mass is 494 g/mol. The molecular weight excluding hydrogens is 468 g/mol. The number of methoxy groups -OCH3 is 2. The van der Waals surface area contributed by atoms with Gasteiger partial charge in [-0.2, -0.15) is 0 Å². The molecule has 9 nitrogen and oxygen atoms in total. The van der Waals surface area contributed by atoms with Crippen LogP contribution < -0.4 is 10.1 Å². The lowest BCUT2D eigenvalue weighted by atomic mass is 10.0. The molecule has 33 heavy (non-hydrogen) atoms. The lowest BCUT2D eigenvalue weighted by molar-refractivity contribution is -0.129. The third kappa shape index (κ3) is 5.72. The summed E-state index contributed by atoms with van der Waals surface area (Å²) in [5.41, 5.74) is 1.08. The Morgan fingerprint density at radius 3 is 2.45 bits per heavy atom. The average Bonchev–Trinajstić information content (AvgIpc) is 3.15. The second-order valence-corrected chi connectivity index (χ2v) is 10.8. The Kier molecular flexibility index (Phi) is 7.75. The fraction of sp³-hybridized carbons (Fsp3) is 0.409. The molecule has 2 aromatic rings. The van der Waals surface area contributed by atoms with Crippen LogP contribution in [0.2, 0.25) is 0 Å². The third-order valence-corrected chi connectivity index (χ3v) is 8.33. The predicted molar refractivity (Wildman–Crippen MR) is 123 cm³/mol. The van der Waals surface area contributed by atoms with Gasteiger partial charge in [-0.1, -0.05) is 0 Å². The molecule has 3 rings (SSSR count). The number of carbonyl (C=O) groups is 3. The van der Waals surface area contributed by atoms with Gasteiger partial charge in [0.15, 0.2) is 9.84 Å². The Labute approximate surface area is 196 Å². The molecule has 1 N–H and O–H groups in total. The molecule has 1 aromatic carbocycles. The van der Waals surface area contributed by atoms with Gasteiger partial charge in [-0.05, 0) is 42.7 Å². The van der Waals surface area contributed by atoms with Crippen molar-refractivity contribution in [2.45, 2.75) is 37.6 Å². The number of benzene rings is 1. The molecule has 1 aromatic heterocycles. The van der Waals surface area contributed by atoms with Gasteiger partial charge in [0.1, 0.15) is 10.8 Å². The van der Waals surface area contributed by atoms with Gasteiger partial charge < -0.3 is 19.7 Å². The predicted octanol–water partition coefficient (Wildman–Crippen LogP) is 2.64. The van der Waals surface area contributed by atoms with Crippen LogP contribution in [0.4, 0.5) is 5.00 Å². The van der Waals surface area contributed by atoms with Crippen molar-refractivity contribution in [2.24, 2.45) is 0 Å². The van der Waals surface area contributed by atoms with E-state index >= 15 is 0 Å². The summed E-state index contributed by atoms with van der Waals surface area (Å²) < 4.78 is 34.9. The fourth-order valence-corrected chi connectivity index (χ4v) is 6.17. The van der Waals surface area contributed by atoms with E-state index in [0.29, 0.717) is 35.8 Å². The van der Waals surface area contributed by atoms with E-state index in [-0.39, 0.29) is 29.4 Å². The van der Waals surface area contributed by atoms with Gasteiger partial charge in [0, 0.05) is 24.8 Å². The number of hydrogen-bond acceptors (Lipinski definition) is 8. The maximum Gasteiger partial charge on any atom is 0.341 e. The molecular formula is C22H26N2O7S2. The molecule has 0 saturated carbocycles. The van der Waals surface area contributed by atoms with Crippen LogP contribution in [-0.4, -0.2) is 57.6 Å². The normalized spacial score (nSPS) is 13.2. The number of nitrogens with zero attached hydrogens (tertiary/aromatic N) is 1. The van der Waals surface area contributed by atoms with E-state index < -0.39 is 21.7 Å². The van der Waals surface area contributed by atoms with Crippen molar-refractivity contribution in [1.82, 2.24) is 4.90 Å². The minimum Gasteiger partial charge on any atom is -0.497 e. The maximum atomic E-state index is 12.5. The number of esters is 1. The first kappa shape index (κ1) is 24.7. The van der Waals surface area contributed by atoms with Crippen molar-refractivity contribution in [1.29, 1.82) is 0 Å². The molecule has 178 valence electrons. The van der Waals surface area contributed by atoms with Crippen LogP contribution in [0.5, 0.6) is 5.75 Å². The van der Waals surface area contributed by atoms with Gasteiger partial charge in [0.05, 0.1) is 37.0 Å². The highest BCUT2D eigenvalue weighted by molar-refractivity contribution is 7.91. The molecule has 2 amide bonds. The van der Waals surface area contributed by atoms with Crippen LogP contribution >= 0.6 is 11.3 Å². The molecule has 0 bridgehead atoms. The summed E-state index contributed by atoms with van der Waals surface area (Å²) >= 11 is 1.24. The maximum absolute atomic E-state index is 12.5. The topological polar surface area (TPSA) is 119 Å². The van der Waals surface area contributed by atoms with Crippen LogP contribution in [0.15, 0.2) is 29.2 Å². The number of hydrogen-bond donors (Lipinski definition) is 1. The Morgan fingerprint density at radius 2 is 1.85 bits per heavy atom. The second-order valence-electron chi connectivity index (χ2n) is 7.54. The molecule has 1 aliphatic rings. The molecule has 11 heteroatoms. The van der Waals surface area contributed by atoms with Crippen molar-refractivity contribution in [2.75, 3.05) is 31.8 Å². The molecule has 2 heterocycles. The number of thiophene rings is 1. The van der Waals surface area contributed by atoms with Gasteiger partial charge >= 0.3 is 5.97 Å². The first-order valence-corrected chi connectivity index (χ1v) is 12.8. The zero-order chi connectivity index (χ0) is 24.2. The molecule has 0 unspecified atom stereocenters. The second kappa shape index (κ2) is 10.3. The Bertz CT molecular complexity index is 1150. The molecule has 0 saturated heterocycles. The summed E-state index contributed by atoms with van der Waals surface area (Å²) in [5, 5.41) is 3.09. The Balaban J connectivity index is 1.66. The largest absolute Gasteiger partial charge is 0.497 e. The first-order chi connectivity index (χ1) is 15.7. The van der Waals surface area contributed by atoms with Gasteiger partial charge in [0.25, 0.3) is 0 Å². The third-order valence-electron chi connectivity index (χ3n) is 5.38. The SMILES string of the molecule is COC(=O)c1c(NC(=O)CCCS(=O)(=O)c2ccc(OC)cc2)sc2c1CCN(C(C)=O)C2. The zero-order valence-electron chi connectivity index (χ0n) is 18.7. The molecule has 0 radical (unpaired) electrons.